The highest BCUT2D eigenvalue weighted by Crippen LogP contribution is 2.27. The molecule has 0 aromatic heterocycles. The van der Waals surface area contributed by atoms with Gasteiger partial charge in [-0.25, -0.2) is 4.39 Å². The molecule has 2 fully saturated rings. The van der Waals surface area contributed by atoms with E-state index in [0.29, 0.717) is 0 Å². The number of halogens is 1. The molecule has 2 aliphatic heterocycles. The summed E-state index contributed by atoms with van der Waals surface area (Å²) in [6.45, 7) is 5.44. The van der Waals surface area contributed by atoms with Crippen LogP contribution in [0.4, 0.5) is 4.39 Å². The number of nitrogens with zero attached hydrogens (tertiary/aromatic N) is 3. The number of carbonyl (C=O) groups excluding carboxylic acids is 1. The highest BCUT2D eigenvalue weighted by molar-refractivity contribution is 5.83. The predicted molar refractivity (Wildman–Crippen MR) is 93.3 cm³/mol. The van der Waals surface area contributed by atoms with Crippen LogP contribution in [0.1, 0.15) is 37.3 Å². The number of hydrogen-bond donors (Lipinski definition) is 0. The van der Waals surface area contributed by atoms with Crippen molar-refractivity contribution in [3.05, 3.63) is 35.6 Å². The first-order valence-corrected chi connectivity index (χ1v) is 9.12. The third-order valence-electron chi connectivity index (χ3n) is 5.21. The molecule has 2 heterocycles. The van der Waals surface area contributed by atoms with E-state index in [1.165, 1.54) is 18.6 Å². The Labute approximate surface area is 144 Å². The Kier molecular flexibility index (Phi) is 5.85. The van der Waals surface area contributed by atoms with E-state index in [0.717, 1.165) is 64.1 Å². The lowest BCUT2D eigenvalue weighted by Gasteiger charge is -2.36. The van der Waals surface area contributed by atoms with E-state index in [2.05, 4.69) is 16.8 Å². The summed E-state index contributed by atoms with van der Waals surface area (Å²) in [7, 11) is 2.11. The zero-order valence-corrected chi connectivity index (χ0v) is 14.6. The molecule has 2 saturated heterocycles. The molecule has 2 aliphatic rings. The van der Waals surface area contributed by atoms with Crippen LogP contribution in [0.25, 0.3) is 0 Å². The molecule has 5 heteroatoms. The molecule has 0 aliphatic carbocycles. The second kappa shape index (κ2) is 8.08. The van der Waals surface area contributed by atoms with E-state index in [-0.39, 0.29) is 17.8 Å². The maximum absolute atomic E-state index is 13.3. The zero-order valence-electron chi connectivity index (χ0n) is 14.6. The third-order valence-corrected chi connectivity index (χ3v) is 5.21. The third kappa shape index (κ3) is 4.14. The van der Waals surface area contributed by atoms with Crippen molar-refractivity contribution >= 4 is 5.91 Å². The fourth-order valence-electron chi connectivity index (χ4n) is 3.77. The van der Waals surface area contributed by atoms with Crippen molar-refractivity contribution in [2.45, 2.75) is 31.7 Å². The Morgan fingerprint density at radius 1 is 0.917 bits per heavy atom. The minimum absolute atomic E-state index is 0.179. The Morgan fingerprint density at radius 3 is 2.33 bits per heavy atom. The van der Waals surface area contributed by atoms with Crippen molar-refractivity contribution in [3.63, 3.8) is 0 Å². The number of benzene rings is 1. The predicted octanol–water partition coefficient (Wildman–Crippen LogP) is 2.52. The topological polar surface area (TPSA) is 26.8 Å². The highest BCUT2D eigenvalue weighted by Gasteiger charge is 2.32. The first-order valence-electron chi connectivity index (χ1n) is 9.12. The fourth-order valence-corrected chi connectivity index (χ4v) is 3.77. The van der Waals surface area contributed by atoms with E-state index in [1.807, 2.05) is 4.90 Å². The number of rotatable bonds is 3. The average Bonchev–Trinajstić information content (AvgIpc) is 2.82. The largest absolute Gasteiger partial charge is 0.340 e. The summed E-state index contributed by atoms with van der Waals surface area (Å²) in [5.41, 5.74) is 0.918. The van der Waals surface area contributed by atoms with Crippen molar-refractivity contribution in [2.24, 2.45) is 0 Å². The van der Waals surface area contributed by atoms with Gasteiger partial charge in [0, 0.05) is 19.6 Å². The van der Waals surface area contributed by atoms with Crippen molar-refractivity contribution in [1.29, 1.82) is 0 Å². The molecule has 1 unspecified atom stereocenters. The Bertz CT molecular complexity index is 542. The first kappa shape index (κ1) is 17.4. The van der Waals surface area contributed by atoms with Gasteiger partial charge in [0.2, 0.25) is 5.91 Å². The standard InChI is InChI=1S/C19H28FN3O/c1-21-10-5-13-23(15-14-21)19(24)18(22-11-3-2-4-12-22)16-6-8-17(20)9-7-16/h6-9,18H,2-5,10-15H2,1H3. The van der Waals surface area contributed by atoms with Crippen molar-refractivity contribution in [3.8, 4) is 0 Å². The van der Waals surface area contributed by atoms with E-state index >= 15 is 0 Å². The van der Waals surface area contributed by atoms with Crippen LogP contribution in [0.15, 0.2) is 24.3 Å². The summed E-state index contributed by atoms with van der Waals surface area (Å²) in [6.07, 6.45) is 4.51. The monoisotopic (exact) mass is 333 g/mol. The number of amides is 1. The number of hydrogen-bond acceptors (Lipinski definition) is 3. The van der Waals surface area contributed by atoms with Crippen LogP contribution < -0.4 is 0 Å². The van der Waals surface area contributed by atoms with Gasteiger partial charge in [0.15, 0.2) is 0 Å². The Hall–Kier alpha value is -1.46. The molecule has 1 atom stereocenters. The van der Waals surface area contributed by atoms with Gasteiger partial charge in [-0.05, 0) is 63.6 Å². The van der Waals surface area contributed by atoms with Gasteiger partial charge in [0.25, 0.3) is 0 Å². The molecule has 24 heavy (non-hydrogen) atoms. The molecule has 0 N–H and O–H groups in total. The number of piperidine rings is 1. The van der Waals surface area contributed by atoms with E-state index in [1.54, 1.807) is 12.1 Å². The smallest absolute Gasteiger partial charge is 0.244 e. The lowest BCUT2D eigenvalue weighted by molar-refractivity contribution is -0.137. The van der Waals surface area contributed by atoms with Crippen LogP contribution in [0.3, 0.4) is 0 Å². The maximum atomic E-state index is 13.3. The highest BCUT2D eigenvalue weighted by atomic mass is 19.1. The van der Waals surface area contributed by atoms with Crippen LogP contribution in [0.5, 0.6) is 0 Å². The van der Waals surface area contributed by atoms with Gasteiger partial charge in [0.05, 0.1) is 0 Å². The molecule has 3 rings (SSSR count). The molecular formula is C19H28FN3O. The summed E-state index contributed by atoms with van der Waals surface area (Å²) in [5.74, 6) is -0.0706. The molecule has 0 radical (unpaired) electrons. The van der Waals surface area contributed by atoms with Gasteiger partial charge in [-0.15, -0.1) is 0 Å². The summed E-state index contributed by atoms with van der Waals surface area (Å²) in [5, 5.41) is 0. The number of carbonyl (C=O) groups is 1. The van der Waals surface area contributed by atoms with Crippen LogP contribution in [0.2, 0.25) is 0 Å². The fraction of sp³-hybridized carbons (Fsp3) is 0.632. The molecule has 0 saturated carbocycles. The molecular weight excluding hydrogens is 305 g/mol. The summed E-state index contributed by atoms with van der Waals surface area (Å²) in [6, 6.07) is 6.22. The Morgan fingerprint density at radius 2 is 1.62 bits per heavy atom. The van der Waals surface area contributed by atoms with Gasteiger partial charge >= 0.3 is 0 Å². The van der Waals surface area contributed by atoms with Gasteiger partial charge in [0.1, 0.15) is 11.9 Å². The second-order valence-corrected chi connectivity index (χ2v) is 7.03. The minimum atomic E-state index is -0.269. The van der Waals surface area contributed by atoms with E-state index in [9.17, 15) is 9.18 Å². The molecule has 4 nitrogen and oxygen atoms in total. The van der Waals surface area contributed by atoms with Gasteiger partial charge in [-0.1, -0.05) is 18.6 Å². The van der Waals surface area contributed by atoms with Gasteiger partial charge in [-0.3, -0.25) is 9.69 Å². The second-order valence-electron chi connectivity index (χ2n) is 7.03. The van der Waals surface area contributed by atoms with Crippen molar-refractivity contribution < 1.29 is 9.18 Å². The van der Waals surface area contributed by atoms with Crippen LogP contribution in [-0.2, 0) is 4.79 Å². The zero-order chi connectivity index (χ0) is 16.9. The lowest BCUT2D eigenvalue weighted by Crippen LogP contribution is -2.46. The molecule has 1 aromatic carbocycles. The van der Waals surface area contributed by atoms with Crippen molar-refractivity contribution in [2.75, 3.05) is 46.3 Å². The lowest BCUT2D eigenvalue weighted by atomic mass is 10.00. The van der Waals surface area contributed by atoms with Gasteiger partial charge in [-0.2, -0.15) is 0 Å². The van der Waals surface area contributed by atoms with Crippen LogP contribution in [-0.4, -0.2) is 66.9 Å². The first-order chi connectivity index (χ1) is 11.6. The molecule has 132 valence electrons. The summed E-state index contributed by atoms with van der Waals surface area (Å²) < 4.78 is 13.3. The van der Waals surface area contributed by atoms with Crippen LogP contribution >= 0.6 is 0 Å². The molecule has 1 amide bonds. The molecule has 0 bridgehead atoms. The molecule has 1 aromatic rings. The van der Waals surface area contributed by atoms with Crippen molar-refractivity contribution in [1.82, 2.24) is 14.7 Å². The van der Waals surface area contributed by atoms with E-state index < -0.39 is 0 Å². The van der Waals surface area contributed by atoms with Crippen LogP contribution in [0, 0.1) is 5.82 Å². The van der Waals surface area contributed by atoms with Gasteiger partial charge < -0.3 is 9.80 Å². The number of likely N-dealkylation sites (tertiary alicyclic amines) is 1. The van der Waals surface area contributed by atoms with E-state index in [4.69, 9.17) is 0 Å². The Balaban J connectivity index is 1.82. The normalized spacial score (nSPS) is 22.2. The maximum Gasteiger partial charge on any atom is 0.244 e. The number of likely N-dealkylation sites (N-methyl/N-ethyl adjacent to an activating group) is 1. The quantitative estimate of drug-likeness (QED) is 0.850. The SMILES string of the molecule is CN1CCCN(C(=O)C(c2ccc(F)cc2)N2CCCCC2)CC1. The average molecular weight is 333 g/mol. The molecule has 0 spiro atoms. The summed E-state index contributed by atoms with van der Waals surface area (Å²) in [4.78, 5) is 19.9. The summed E-state index contributed by atoms with van der Waals surface area (Å²) >= 11 is 0. The minimum Gasteiger partial charge on any atom is -0.340 e.